The first kappa shape index (κ1) is 14.5. The SMILES string of the molecule is O=C1Nc2ccccc2CCC1NCCCN1CCCC1. The van der Waals surface area contributed by atoms with Gasteiger partial charge in [0.1, 0.15) is 0 Å². The molecule has 4 nitrogen and oxygen atoms in total. The van der Waals surface area contributed by atoms with Crippen LogP contribution in [0, 0.1) is 0 Å². The lowest BCUT2D eigenvalue weighted by atomic mass is 10.1. The Balaban J connectivity index is 1.45. The highest BCUT2D eigenvalue weighted by Crippen LogP contribution is 2.21. The summed E-state index contributed by atoms with van der Waals surface area (Å²) in [6.07, 6.45) is 5.65. The minimum atomic E-state index is -0.0593. The predicted octanol–water partition coefficient (Wildman–Crippen LogP) is 2.02. The first-order chi connectivity index (χ1) is 10.3. The molecule has 114 valence electrons. The van der Waals surface area contributed by atoms with Gasteiger partial charge >= 0.3 is 0 Å². The highest BCUT2D eigenvalue weighted by Gasteiger charge is 2.22. The maximum Gasteiger partial charge on any atom is 0.241 e. The molecule has 2 aliphatic rings. The number of nitrogens with zero attached hydrogens (tertiary/aromatic N) is 1. The van der Waals surface area contributed by atoms with E-state index in [1.807, 2.05) is 18.2 Å². The van der Waals surface area contributed by atoms with Crippen molar-refractivity contribution in [2.24, 2.45) is 0 Å². The molecule has 1 amide bonds. The van der Waals surface area contributed by atoms with Gasteiger partial charge in [0.2, 0.25) is 5.91 Å². The Morgan fingerprint density at radius 3 is 2.90 bits per heavy atom. The zero-order valence-electron chi connectivity index (χ0n) is 12.6. The smallest absolute Gasteiger partial charge is 0.241 e. The second-order valence-corrected chi connectivity index (χ2v) is 6.09. The van der Waals surface area contributed by atoms with E-state index in [9.17, 15) is 4.79 Å². The zero-order chi connectivity index (χ0) is 14.5. The molecule has 1 fully saturated rings. The molecule has 21 heavy (non-hydrogen) atoms. The van der Waals surface area contributed by atoms with Gasteiger partial charge in [-0.15, -0.1) is 0 Å². The van der Waals surface area contributed by atoms with Crippen molar-refractivity contribution in [3.05, 3.63) is 29.8 Å². The molecule has 4 heteroatoms. The Labute approximate surface area is 126 Å². The predicted molar refractivity (Wildman–Crippen MR) is 85.5 cm³/mol. The number of rotatable bonds is 5. The van der Waals surface area contributed by atoms with Gasteiger partial charge in [-0.05, 0) is 69.9 Å². The minimum absolute atomic E-state index is 0.0593. The highest BCUT2D eigenvalue weighted by atomic mass is 16.2. The topological polar surface area (TPSA) is 44.4 Å². The Hall–Kier alpha value is -1.39. The van der Waals surface area contributed by atoms with Crippen LogP contribution in [-0.4, -0.2) is 43.0 Å². The zero-order valence-corrected chi connectivity index (χ0v) is 12.6. The summed E-state index contributed by atoms with van der Waals surface area (Å²) >= 11 is 0. The van der Waals surface area contributed by atoms with Crippen molar-refractivity contribution in [3.63, 3.8) is 0 Å². The Morgan fingerprint density at radius 1 is 1.24 bits per heavy atom. The molecule has 0 bridgehead atoms. The number of aryl methyl sites for hydroxylation is 1. The fourth-order valence-electron chi connectivity index (χ4n) is 3.29. The number of amides is 1. The third-order valence-corrected chi connectivity index (χ3v) is 4.53. The van der Waals surface area contributed by atoms with E-state index in [2.05, 4.69) is 21.6 Å². The maximum absolute atomic E-state index is 12.2. The maximum atomic E-state index is 12.2. The molecule has 1 saturated heterocycles. The number of nitrogens with one attached hydrogen (secondary N) is 2. The van der Waals surface area contributed by atoms with E-state index < -0.39 is 0 Å². The monoisotopic (exact) mass is 287 g/mol. The summed E-state index contributed by atoms with van der Waals surface area (Å²) in [5.41, 5.74) is 2.22. The lowest BCUT2D eigenvalue weighted by molar-refractivity contribution is -0.118. The number of para-hydroxylation sites is 1. The van der Waals surface area contributed by atoms with Crippen LogP contribution in [0.4, 0.5) is 5.69 Å². The van der Waals surface area contributed by atoms with E-state index in [0.29, 0.717) is 0 Å². The number of hydrogen-bond acceptors (Lipinski definition) is 3. The number of carbonyl (C=O) groups is 1. The molecule has 2 aliphatic heterocycles. The first-order valence-electron chi connectivity index (χ1n) is 8.17. The molecule has 1 aromatic carbocycles. The Bertz CT molecular complexity index is 483. The van der Waals surface area contributed by atoms with Crippen LogP contribution in [0.1, 0.15) is 31.2 Å². The average molecular weight is 287 g/mol. The number of fused-ring (bicyclic) bond motifs is 1. The molecule has 0 aliphatic carbocycles. The fraction of sp³-hybridized carbons (Fsp3) is 0.588. The van der Waals surface area contributed by atoms with Crippen LogP contribution in [0.3, 0.4) is 0 Å². The Kier molecular flexibility index (Phi) is 4.88. The highest BCUT2D eigenvalue weighted by molar-refractivity contribution is 5.96. The third-order valence-electron chi connectivity index (χ3n) is 4.53. The quantitative estimate of drug-likeness (QED) is 0.814. The van der Waals surface area contributed by atoms with E-state index in [1.54, 1.807) is 0 Å². The summed E-state index contributed by atoms with van der Waals surface area (Å²) in [6, 6.07) is 8.04. The normalized spacial score (nSPS) is 22.7. The van der Waals surface area contributed by atoms with Crippen molar-refractivity contribution in [1.29, 1.82) is 0 Å². The van der Waals surface area contributed by atoms with Crippen molar-refractivity contribution < 1.29 is 4.79 Å². The summed E-state index contributed by atoms with van der Waals surface area (Å²) < 4.78 is 0. The molecule has 3 rings (SSSR count). The van der Waals surface area contributed by atoms with Gasteiger partial charge in [-0.3, -0.25) is 4.79 Å². The van der Waals surface area contributed by atoms with Crippen molar-refractivity contribution in [2.75, 3.05) is 31.5 Å². The average Bonchev–Trinajstić information content (AvgIpc) is 2.95. The van der Waals surface area contributed by atoms with Gasteiger partial charge in [-0.2, -0.15) is 0 Å². The van der Waals surface area contributed by atoms with Crippen molar-refractivity contribution in [2.45, 2.75) is 38.1 Å². The molecule has 2 heterocycles. The van der Waals surface area contributed by atoms with Gasteiger partial charge < -0.3 is 15.5 Å². The molecule has 1 atom stereocenters. The van der Waals surface area contributed by atoms with E-state index in [-0.39, 0.29) is 11.9 Å². The van der Waals surface area contributed by atoms with E-state index >= 15 is 0 Å². The van der Waals surface area contributed by atoms with E-state index in [4.69, 9.17) is 0 Å². The standard InChI is InChI=1S/C17H25N3O/c21-17-16(18-10-5-13-20-11-3-4-12-20)9-8-14-6-1-2-7-15(14)19-17/h1-2,6-7,16,18H,3-5,8-13H2,(H,19,21). The third kappa shape index (κ3) is 3.83. The van der Waals surface area contributed by atoms with E-state index in [1.165, 1.54) is 31.5 Å². The number of anilines is 1. The summed E-state index contributed by atoms with van der Waals surface area (Å²) in [5.74, 6) is 0.112. The van der Waals surface area contributed by atoms with Gasteiger partial charge in [0.05, 0.1) is 6.04 Å². The van der Waals surface area contributed by atoms with Gasteiger partial charge in [0.15, 0.2) is 0 Å². The van der Waals surface area contributed by atoms with Gasteiger partial charge in [-0.1, -0.05) is 18.2 Å². The second kappa shape index (κ2) is 7.05. The molecule has 0 saturated carbocycles. The van der Waals surface area contributed by atoms with Gasteiger partial charge in [-0.25, -0.2) is 0 Å². The molecular weight excluding hydrogens is 262 g/mol. The van der Waals surface area contributed by atoms with Gasteiger partial charge in [0, 0.05) is 5.69 Å². The molecule has 0 spiro atoms. The summed E-state index contributed by atoms with van der Waals surface area (Å²) in [6.45, 7) is 4.57. The van der Waals surface area contributed by atoms with Crippen LogP contribution in [0.5, 0.6) is 0 Å². The fourth-order valence-corrected chi connectivity index (χ4v) is 3.29. The second-order valence-electron chi connectivity index (χ2n) is 6.09. The van der Waals surface area contributed by atoms with Crippen molar-refractivity contribution in [1.82, 2.24) is 10.2 Å². The summed E-state index contributed by atoms with van der Waals surface area (Å²) in [5, 5.41) is 6.47. The number of carbonyl (C=O) groups excluding carboxylic acids is 1. The largest absolute Gasteiger partial charge is 0.324 e. The van der Waals surface area contributed by atoms with Crippen molar-refractivity contribution >= 4 is 11.6 Å². The van der Waals surface area contributed by atoms with Crippen LogP contribution in [-0.2, 0) is 11.2 Å². The molecule has 1 aromatic rings. The van der Waals surface area contributed by atoms with Crippen LogP contribution in [0.25, 0.3) is 0 Å². The molecule has 0 radical (unpaired) electrons. The number of benzene rings is 1. The lowest BCUT2D eigenvalue weighted by Gasteiger charge is -2.17. The summed E-state index contributed by atoms with van der Waals surface area (Å²) in [7, 11) is 0. The molecule has 0 aromatic heterocycles. The number of hydrogen-bond donors (Lipinski definition) is 2. The van der Waals surface area contributed by atoms with Crippen LogP contribution in [0.15, 0.2) is 24.3 Å². The molecule has 2 N–H and O–H groups in total. The molecular formula is C17H25N3O. The minimum Gasteiger partial charge on any atom is -0.324 e. The lowest BCUT2D eigenvalue weighted by Crippen LogP contribution is -2.41. The summed E-state index contributed by atoms with van der Waals surface area (Å²) in [4.78, 5) is 14.8. The molecule has 1 unspecified atom stereocenters. The van der Waals surface area contributed by atoms with Gasteiger partial charge in [0.25, 0.3) is 0 Å². The first-order valence-corrected chi connectivity index (χ1v) is 8.17. The van der Waals surface area contributed by atoms with Crippen LogP contribution in [0.2, 0.25) is 0 Å². The van der Waals surface area contributed by atoms with E-state index in [0.717, 1.165) is 38.0 Å². The van der Waals surface area contributed by atoms with Crippen LogP contribution < -0.4 is 10.6 Å². The van der Waals surface area contributed by atoms with Crippen LogP contribution >= 0.6 is 0 Å². The van der Waals surface area contributed by atoms with Crippen molar-refractivity contribution in [3.8, 4) is 0 Å². The Morgan fingerprint density at radius 2 is 2.05 bits per heavy atom. The number of likely N-dealkylation sites (tertiary alicyclic amines) is 1.